The third kappa shape index (κ3) is 5.51. The van der Waals surface area contributed by atoms with Crippen molar-refractivity contribution < 1.29 is 18.8 Å². The Morgan fingerprint density at radius 2 is 1.68 bits per heavy atom. The SMILES string of the molecule is CC(=O)c1ccc(N2CCN(C(=O)CSC3=NC(=Cc4ccco4)C(=O)N3c3ccccc3)CC2)cc1. The second kappa shape index (κ2) is 10.9. The van der Waals surface area contributed by atoms with Crippen molar-refractivity contribution in [2.24, 2.45) is 4.99 Å². The van der Waals surface area contributed by atoms with E-state index in [0.29, 0.717) is 48.4 Å². The molecule has 0 aliphatic carbocycles. The molecule has 1 aromatic heterocycles. The fraction of sp³-hybridized carbons (Fsp3) is 0.214. The Hall–Kier alpha value is -4.11. The molecule has 2 amide bonds. The predicted octanol–water partition coefficient (Wildman–Crippen LogP) is 4.31. The van der Waals surface area contributed by atoms with Crippen LogP contribution in [0.1, 0.15) is 23.0 Å². The van der Waals surface area contributed by atoms with Crippen molar-refractivity contribution in [1.82, 2.24) is 4.90 Å². The molecule has 1 saturated heterocycles. The number of anilines is 2. The summed E-state index contributed by atoms with van der Waals surface area (Å²) in [5.41, 5.74) is 2.69. The van der Waals surface area contributed by atoms with E-state index in [-0.39, 0.29) is 29.0 Å². The maximum atomic E-state index is 13.2. The molecule has 2 aliphatic heterocycles. The van der Waals surface area contributed by atoms with Gasteiger partial charge < -0.3 is 14.2 Å². The first kappa shape index (κ1) is 24.6. The normalized spacial score (nSPS) is 16.9. The molecule has 1 fully saturated rings. The minimum absolute atomic E-state index is 0.00297. The fourth-order valence-electron chi connectivity index (χ4n) is 4.24. The molecule has 0 bridgehead atoms. The second-order valence-electron chi connectivity index (χ2n) is 8.68. The number of hydrogen-bond donors (Lipinski definition) is 0. The van der Waals surface area contributed by atoms with Crippen molar-refractivity contribution in [2.75, 3.05) is 41.7 Å². The first-order valence-electron chi connectivity index (χ1n) is 12.0. The van der Waals surface area contributed by atoms with E-state index in [9.17, 15) is 14.4 Å². The molecule has 37 heavy (non-hydrogen) atoms. The van der Waals surface area contributed by atoms with E-state index in [1.807, 2.05) is 59.5 Å². The number of ketones is 1. The van der Waals surface area contributed by atoms with E-state index in [0.717, 1.165) is 5.69 Å². The topological polar surface area (TPSA) is 86.4 Å². The van der Waals surface area contributed by atoms with Crippen LogP contribution in [0.3, 0.4) is 0 Å². The Morgan fingerprint density at radius 3 is 2.32 bits per heavy atom. The summed E-state index contributed by atoms with van der Waals surface area (Å²) in [6.45, 7) is 4.18. The quantitative estimate of drug-likeness (QED) is 0.360. The number of carbonyl (C=O) groups excluding carboxylic acids is 3. The first-order valence-corrected chi connectivity index (χ1v) is 13.0. The van der Waals surface area contributed by atoms with Gasteiger partial charge in [0.05, 0.1) is 17.7 Å². The third-order valence-electron chi connectivity index (χ3n) is 6.26. The van der Waals surface area contributed by atoms with Gasteiger partial charge in [-0.2, -0.15) is 0 Å². The molecule has 8 nitrogen and oxygen atoms in total. The molecule has 5 rings (SSSR count). The Balaban J connectivity index is 1.23. The van der Waals surface area contributed by atoms with Gasteiger partial charge in [0.1, 0.15) is 11.5 Å². The number of nitrogens with zero attached hydrogens (tertiary/aromatic N) is 4. The maximum Gasteiger partial charge on any atom is 0.283 e. The summed E-state index contributed by atoms with van der Waals surface area (Å²) in [7, 11) is 0. The number of amidine groups is 1. The zero-order valence-electron chi connectivity index (χ0n) is 20.4. The molecule has 0 N–H and O–H groups in total. The Bertz CT molecular complexity index is 1340. The van der Waals surface area contributed by atoms with Gasteiger partial charge in [0, 0.05) is 43.5 Å². The highest BCUT2D eigenvalue weighted by molar-refractivity contribution is 8.14. The van der Waals surface area contributed by atoms with Crippen molar-refractivity contribution in [2.45, 2.75) is 6.92 Å². The number of amides is 2. The zero-order chi connectivity index (χ0) is 25.8. The molecule has 0 spiro atoms. The van der Waals surface area contributed by atoms with Crippen LogP contribution < -0.4 is 9.80 Å². The lowest BCUT2D eigenvalue weighted by Gasteiger charge is -2.36. The van der Waals surface area contributed by atoms with Crippen molar-refractivity contribution in [3.05, 3.63) is 90.0 Å². The molecular formula is C28H26N4O4S. The first-order chi connectivity index (χ1) is 18.0. The van der Waals surface area contributed by atoms with E-state index in [2.05, 4.69) is 9.89 Å². The molecule has 0 radical (unpaired) electrons. The molecule has 0 saturated carbocycles. The minimum atomic E-state index is -0.262. The Kier molecular flexibility index (Phi) is 7.23. The Morgan fingerprint density at radius 1 is 0.946 bits per heavy atom. The predicted molar refractivity (Wildman–Crippen MR) is 146 cm³/mol. The van der Waals surface area contributed by atoms with Crippen molar-refractivity contribution in [3.8, 4) is 0 Å². The number of thioether (sulfide) groups is 1. The van der Waals surface area contributed by atoms with Crippen LogP contribution in [-0.4, -0.2) is 59.6 Å². The second-order valence-corrected chi connectivity index (χ2v) is 9.62. The highest BCUT2D eigenvalue weighted by atomic mass is 32.2. The van der Waals surface area contributed by atoms with Gasteiger partial charge in [-0.15, -0.1) is 0 Å². The van der Waals surface area contributed by atoms with Crippen molar-refractivity contribution >= 4 is 52.0 Å². The average Bonchev–Trinajstić information content (AvgIpc) is 3.55. The molecule has 2 aromatic carbocycles. The summed E-state index contributed by atoms with van der Waals surface area (Å²) in [4.78, 5) is 47.9. The van der Waals surface area contributed by atoms with Crippen LogP contribution in [0.5, 0.6) is 0 Å². The number of carbonyl (C=O) groups is 3. The van der Waals surface area contributed by atoms with E-state index in [1.54, 1.807) is 31.4 Å². The van der Waals surface area contributed by atoms with Gasteiger partial charge in [-0.05, 0) is 55.5 Å². The summed E-state index contributed by atoms with van der Waals surface area (Å²) in [5.74, 6) is 0.500. The number of benzene rings is 2. The molecule has 3 aromatic rings. The highest BCUT2D eigenvalue weighted by Crippen LogP contribution is 2.29. The smallest absolute Gasteiger partial charge is 0.283 e. The number of piperazine rings is 1. The fourth-order valence-corrected chi connectivity index (χ4v) is 5.16. The van der Waals surface area contributed by atoms with Gasteiger partial charge in [-0.1, -0.05) is 30.0 Å². The van der Waals surface area contributed by atoms with Crippen LogP contribution >= 0.6 is 11.8 Å². The van der Waals surface area contributed by atoms with Crippen LogP contribution in [0.4, 0.5) is 11.4 Å². The minimum Gasteiger partial charge on any atom is -0.465 e. The number of aliphatic imine (C=N–C) groups is 1. The van der Waals surface area contributed by atoms with Crippen LogP contribution in [0.15, 0.2) is 88.1 Å². The number of para-hydroxylation sites is 1. The molecule has 0 atom stereocenters. The molecular weight excluding hydrogens is 488 g/mol. The molecule has 3 heterocycles. The van der Waals surface area contributed by atoms with E-state index in [1.165, 1.54) is 16.7 Å². The summed E-state index contributed by atoms with van der Waals surface area (Å²) in [5, 5.41) is 0.464. The summed E-state index contributed by atoms with van der Waals surface area (Å²) in [6.07, 6.45) is 3.15. The van der Waals surface area contributed by atoms with Gasteiger partial charge in [-0.25, -0.2) is 4.99 Å². The molecule has 9 heteroatoms. The molecule has 0 unspecified atom stereocenters. The van der Waals surface area contributed by atoms with Crippen LogP contribution in [0.25, 0.3) is 6.08 Å². The zero-order valence-corrected chi connectivity index (χ0v) is 21.2. The largest absolute Gasteiger partial charge is 0.465 e. The Labute approximate surface area is 219 Å². The monoisotopic (exact) mass is 514 g/mol. The van der Waals surface area contributed by atoms with Crippen LogP contribution in [0, 0.1) is 0 Å². The summed E-state index contributed by atoms with van der Waals surface area (Å²) in [6, 6.07) is 20.4. The van der Waals surface area contributed by atoms with Gasteiger partial charge in [0.2, 0.25) is 5.91 Å². The van der Waals surface area contributed by atoms with Crippen LogP contribution in [-0.2, 0) is 9.59 Å². The lowest BCUT2D eigenvalue weighted by molar-refractivity contribution is -0.128. The van der Waals surface area contributed by atoms with Crippen molar-refractivity contribution in [1.29, 1.82) is 0 Å². The standard InChI is InChI=1S/C28H26N4O4S/c1-20(33)21-9-11-22(12-10-21)30-13-15-31(16-14-30)26(34)19-37-28-29-25(18-24-8-5-17-36-24)27(35)32(28)23-6-3-2-4-7-23/h2-12,17-18H,13-16,19H2,1H3. The van der Waals surface area contributed by atoms with Crippen molar-refractivity contribution in [3.63, 3.8) is 0 Å². The number of hydrogen-bond acceptors (Lipinski definition) is 7. The molecule has 188 valence electrons. The van der Waals surface area contributed by atoms with Gasteiger partial charge in [0.15, 0.2) is 11.0 Å². The molecule has 2 aliphatic rings. The van der Waals surface area contributed by atoms with E-state index < -0.39 is 0 Å². The highest BCUT2D eigenvalue weighted by Gasteiger charge is 2.33. The number of furan rings is 1. The van der Waals surface area contributed by atoms with Gasteiger partial charge >= 0.3 is 0 Å². The van der Waals surface area contributed by atoms with E-state index >= 15 is 0 Å². The number of rotatable bonds is 6. The van der Waals surface area contributed by atoms with Crippen LogP contribution in [0.2, 0.25) is 0 Å². The average molecular weight is 515 g/mol. The van der Waals surface area contributed by atoms with Gasteiger partial charge in [-0.3, -0.25) is 19.3 Å². The lowest BCUT2D eigenvalue weighted by atomic mass is 10.1. The lowest BCUT2D eigenvalue weighted by Crippen LogP contribution is -2.49. The van der Waals surface area contributed by atoms with E-state index in [4.69, 9.17) is 4.42 Å². The third-order valence-corrected chi connectivity index (χ3v) is 7.19. The maximum absolute atomic E-state index is 13.2. The summed E-state index contributed by atoms with van der Waals surface area (Å²) < 4.78 is 5.35. The number of Topliss-reactive ketones (excluding diaryl/α,β-unsaturated/α-hetero) is 1. The summed E-state index contributed by atoms with van der Waals surface area (Å²) >= 11 is 1.26. The van der Waals surface area contributed by atoms with Gasteiger partial charge in [0.25, 0.3) is 5.91 Å².